The molecule has 4 nitrogen and oxygen atoms in total. The second-order valence-electron chi connectivity index (χ2n) is 7.07. The van der Waals surface area contributed by atoms with E-state index in [-0.39, 0.29) is 12.3 Å². The molecule has 0 aromatic carbocycles. The highest BCUT2D eigenvalue weighted by molar-refractivity contribution is 5.65. The molecule has 0 aromatic rings. The number of allylic oxidation sites excluding steroid dienone is 2. The van der Waals surface area contributed by atoms with Crippen molar-refractivity contribution in [2.24, 2.45) is 23.7 Å². The summed E-state index contributed by atoms with van der Waals surface area (Å²) in [6, 6.07) is 0. The van der Waals surface area contributed by atoms with Gasteiger partial charge >= 0.3 is 5.97 Å². The van der Waals surface area contributed by atoms with Crippen molar-refractivity contribution in [3.8, 4) is 0 Å². The van der Waals surface area contributed by atoms with Crippen LogP contribution in [0.5, 0.6) is 0 Å². The molecule has 4 heteroatoms. The van der Waals surface area contributed by atoms with Crippen LogP contribution in [0.2, 0.25) is 0 Å². The Morgan fingerprint density at radius 3 is 2.41 bits per heavy atom. The lowest BCUT2D eigenvalue weighted by molar-refractivity contribution is -0.174. The number of fused-ring (bicyclic) bond motifs is 2. The van der Waals surface area contributed by atoms with Gasteiger partial charge in [0.25, 0.3) is 0 Å². The van der Waals surface area contributed by atoms with E-state index in [0.29, 0.717) is 30.3 Å². The van der Waals surface area contributed by atoms with Gasteiger partial charge in [-0.15, -0.1) is 0 Å². The Morgan fingerprint density at radius 1 is 1.14 bits per heavy atom. The Kier molecular flexibility index (Phi) is 4.88. The molecular weight excluding hydrogens is 280 g/mol. The van der Waals surface area contributed by atoms with Gasteiger partial charge in [0, 0.05) is 19.4 Å². The van der Waals surface area contributed by atoms with Crippen LogP contribution in [0.25, 0.3) is 0 Å². The highest BCUT2D eigenvalue weighted by Crippen LogP contribution is 2.55. The molecule has 1 aliphatic heterocycles. The predicted octanol–water partition coefficient (Wildman–Crippen LogP) is 3.31. The molecule has 0 spiro atoms. The van der Waals surface area contributed by atoms with Crippen molar-refractivity contribution in [2.45, 2.75) is 52.7 Å². The number of ether oxygens (including phenoxy) is 3. The van der Waals surface area contributed by atoms with E-state index in [4.69, 9.17) is 14.2 Å². The Balaban J connectivity index is 1.63. The van der Waals surface area contributed by atoms with Crippen LogP contribution in [0, 0.1) is 23.7 Å². The van der Waals surface area contributed by atoms with Gasteiger partial charge in [0.1, 0.15) is 0 Å². The van der Waals surface area contributed by atoms with Crippen LogP contribution in [0.15, 0.2) is 11.1 Å². The third-order valence-corrected chi connectivity index (χ3v) is 5.92. The van der Waals surface area contributed by atoms with E-state index in [1.807, 2.05) is 0 Å². The summed E-state index contributed by atoms with van der Waals surface area (Å²) in [5.74, 6) is 1.83. The lowest BCUT2D eigenvalue weighted by atomic mass is 9.77. The van der Waals surface area contributed by atoms with Gasteiger partial charge in [-0.1, -0.05) is 11.1 Å². The van der Waals surface area contributed by atoms with E-state index in [9.17, 15) is 4.79 Å². The maximum absolute atomic E-state index is 11.2. The zero-order valence-corrected chi connectivity index (χ0v) is 14.0. The molecule has 2 bridgehead atoms. The fourth-order valence-electron chi connectivity index (χ4n) is 4.55. The zero-order valence-electron chi connectivity index (χ0n) is 14.0. The second kappa shape index (κ2) is 6.71. The molecule has 22 heavy (non-hydrogen) atoms. The number of carbonyl (C=O) groups excluding carboxylic acids is 1. The molecule has 2 fully saturated rings. The average molecular weight is 308 g/mol. The van der Waals surface area contributed by atoms with Crippen LogP contribution in [0.1, 0.15) is 46.5 Å². The molecule has 0 radical (unpaired) electrons. The molecule has 0 N–H and O–H groups in total. The van der Waals surface area contributed by atoms with Crippen molar-refractivity contribution in [3.63, 3.8) is 0 Å². The highest BCUT2D eigenvalue weighted by Gasteiger charge is 2.50. The average Bonchev–Trinajstić information content (AvgIpc) is 3.01. The maximum atomic E-state index is 11.2. The van der Waals surface area contributed by atoms with Crippen LogP contribution in [0.3, 0.4) is 0 Å². The summed E-state index contributed by atoms with van der Waals surface area (Å²) in [6.45, 7) is 8.05. The first kappa shape index (κ1) is 16.0. The predicted molar refractivity (Wildman–Crippen MR) is 83.1 cm³/mol. The van der Waals surface area contributed by atoms with Crippen molar-refractivity contribution < 1.29 is 19.0 Å². The van der Waals surface area contributed by atoms with Crippen LogP contribution < -0.4 is 0 Å². The minimum atomic E-state index is -0.184. The van der Waals surface area contributed by atoms with Crippen LogP contribution >= 0.6 is 0 Å². The van der Waals surface area contributed by atoms with Crippen LogP contribution in [0.4, 0.5) is 0 Å². The minimum absolute atomic E-state index is 0.0346. The Labute approximate surface area is 133 Å². The third kappa shape index (κ3) is 3.09. The zero-order chi connectivity index (χ0) is 15.7. The van der Waals surface area contributed by atoms with Crippen LogP contribution in [-0.2, 0) is 19.0 Å². The number of esters is 1. The van der Waals surface area contributed by atoms with Crippen LogP contribution in [-0.4, -0.2) is 32.1 Å². The first-order valence-electron chi connectivity index (χ1n) is 8.61. The number of carbonyl (C=O) groups is 1. The summed E-state index contributed by atoms with van der Waals surface area (Å²) in [5.41, 5.74) is 3.04. The number of rotatable bonds is 5. The van der Waals surface area contributed by atoms with E-state index in [1.165, 1.54) is 30.9 Å². The summed E-state index contributed by atoms with van der Waals surface area (Å²) in [7, 11) is 0. The van der Waals surface area contributed by atoms with Gasteiger partial charge in [0.05, 0.1) is 13.2 Å². The fourth-order valence-corrected chi connectivity index (χ4v) is 4.55. The van der Waals surface area contributed by atoms with Gasteiger partial charge < -0.3 is 14.2 Å². The topological polar surface area (TPSA) is 44.8 Å². The van der Waals surface area contributed by atoms with Gasteiger partial charge in [-0.25, -0.2) is 0 Å². The van der Waals surface area contributed by atoms with E-state index in [1.54, 1.807) is 0 Å². The molecule has 2 aliphatic carbocycles. The Morgan fingerprint density at radius 2 is 1.82 bits per heavy atom. The highest BCUT2D eigenvalue weighted by atomic mass is 16.7. The molecular formula is C18H28O4. The van der Waals surface area contributed by atoms with Gasteiger partial charge in [-0.3, -0.25) is 4.79 Å². The normalized spacial score (nSPS) is 37.7. The minimum Gasteiger partial charge on any atom is -0.466 e. The molecule has 3 rings (SSSR count). The van der Waals surface area contributed by atoms with Gasteiger partial charge in [-0.2, -0.15) is 0 Å². The van der Waals surface area contributed by atoms with Crippen molar-refractivity contribution in [3.05, 3.63) is 11.1 Å². The van der Waals surface area contributed by atoms with Gasteiger partial charge in [0.2, 0.25) is 0 Å². The monoisotopic (exact) mass is 308 g/mol. The van der Waals surface area contributed by atoms with Gasteiger partial charge in [0.15, 0.2) is 6.29 Å². The Hall–Kier alpha value is -0.870. The summed E-state index contributed by atoms with van der Waals surface area (Å²) < 4.78 is 17.1. The third-order valence-electron chi connectivity index (χ3n) is 5.92. The number of hydrogen-bond donors (Lipinski definition) is 0. The SMILES string of the molecule is CC(=O)OC[C@@H]1[C@@H](COC2CCCCO2)[C@H]2C[C@@H]1C(C)=C2C. The first-order valence-corrected chi connectivity index (χ1v) is 8.61. The Bertz CT molecular complexity index is 450. The quantitative estimate of drug-likeness (QED) is 0.577. The summed E-state index contributed by atoms with van der Waals surface area (Å²) in [4.78, 5) is 11.2. The lowest BCUT2D eigenvalue weighted by Crippen LogP contribution is -2.34. The molecule has 0 amide bonds. The smallest absolute Gasteiger partial charge is 0.302 e. The summed E-state index contributed by atoms with van der Waals surface area (Å²) >= 11 is 0. The molecule has 5 atom stereocenters. The van der Waals surface area contributed by atoms with E-state index in [2.05, 4.69) is 13.8 Å². The lowest BCUT2D eigenvalue weighted by Gasteiger charge is -2.33. The van der Waals surface area contributed by atoms with Crippen molar-refractivity contribution in [1.29, 1.82) is 0 Å². The second-order valence-corrected chi connectivity index (χ2v) is 7.07. The molecule has 124 valence electrons. The molecule has 0 aromatic heterocycles. The summed E-state index contributed by atoms with van der Waals surface area (Å²) in [5, 5.41) is 0. The standard InChI is InChI=1S/C18H28O4/c1-11-12(2)15-8-14(11)16(9-21-13(3)19)17(15)10-22-18-6-4-5-7-20-18/h14-18H,4-10H2,1-3H3/t14-,15+,16+,17+,18?/m1/s1. The van der Waals surface area contributed by atoms with Crippen molar-refractivity contribution in [1.82, 2.24) is 0 Å². The molecule has 1 unspecified atom stereocenters. The maximum Gasteiger partial charge on any atom is 0.302 e. The first-order chi connectivity index (χ1) is 10.6. The van der Waals surface area contributed by atoms with Crippen molar-refractivity contribution in [2.75, 3.05) is 19.8 Å². The van der Waals surface area contributed by atoms with Crippen molar-refractivity contribution >= 4 is 5.97 Å². The van der Waals surface area contributed by atoms with Gasteiger partial charge in [-0.05, 0) is 57.3 Å². The molecule has 3 aliphatic rings. The molecule has 1 heterocycles. The molecule has 1 saturated heterocycles. The van der Waals surface area contributed by atoms with E-state index >= 15 is 0 Å². The van der Waals surface area contributed by atoms with E-state index < -0.39 is 0 Å². The largest absolute Gasteiger partial charge is 0.466 e. The molecule has 1 saturated carbocycles. The van der Waals surface area contributed by atoms with E-state index in [0.717, 1.165) is 26.1 Å². The number of hydrogen-bond acceptors (Lipinski definition) is 4. The summed E-state index contributed by atoms with van der Waals surface area (Å²) in [6.07, 6.45) is 4.50. The fraction of sp³-hybridized carbons (Fsp3) is 0.833.